The molecule has 0 saturated heterocycles. The quantitative estimate of drug-likeness (QED) is 0.529. The van der Waals surface area contributed by atoms with Crippen LogP contribution in [0.15, 0.2) is 83.9 Å². The van der Waals surface area contributed by atoms with Crippen LogP contribution in [0, 0.1) is 11.8 Å². The summed E-state index contributed by atoms with van der Waals surface area (Å²) < 4.78 is 28.0. The van der Waals surface area contributed by atoms with E-state index in [1.165, 1.54) is 3.97 Å². The van der Waals surface area contributed by atoms with Gasteiger partial charge in [-0.2, -0.15) is 0 Å². The van der Waals surface area contributed by atoms with Crippen molar-refractivity contribution >= 4 is 21.1 Å². The minimum absolute atomic E-state index is 0.0911. The van der Waals surface area contributed by atoms with Crippen molar-refractivity contribution in [1.82, 2.24) is 8.96 Å². The predicted octanol–water partition coefficient (Wildman–Crippen LogP) is 3.67. The molecule has 0 spiro atoms. The van der Waals surface area contributed by atoms with Crippen LogP contribution in [-0.2, 0) is 10.0 Å². The van der Waals surface area contributed by atoms with Crippen LogP contribution < -0.4 is 0 Å². The summed E-state index contributed by atoms with van der Waals surface area (Å²) in [6, 6.07) is 21.6. The second-order valence-corrected chi connectivity index (χ2v) is 8.14. The highest BCUT2D eigenvalue weighted by Gasteiger charge is 2.24. The minimum atomic E-state index is -3.90. The van der Waals surface area contributed by atoms with Gasteiger partial charge in [0.15, 0.2) is 5.65 Å². The average molecular weight is 402 g/mol. The SMILES string of the molecule is O=S(=O)(c1ccccc1)n1c(C#CCCO)cc2c(-c3ccccc3)ccnc21. The number of benzene rings is 2. The summed E-state index contributed by atoms with van der Waals surface area (Å²) in [7, 11) is -3.90. The van der Waals surface area contributed by atoms with Crippen molar-refractivity contribution in [3.05, 3.63) is 84.7 Å². The molecule has 4 rings (SSSR count). The molecule has 0 atom stereocenters. The van der Waals surface area contributed by atoms with Gasteiger partial charge in [-0.05, 0) is 41.3 Å². The van der Waals surface area contributed by atoms with Gasteiger partial charge in [-0.25, -0.2) is 17.4 Å². The van der Waals surface area contributed by atoms with Crippen molar-refractivity contribution in [2.24, 2.45) is 0 Å². The number of aliphatic hydroxyl groups excluding tert-OH is 1. The fourth-order valence-electron chi connectivity index (χ4n) is 3.18. The van der Waals surface area contributed by atoms with Crippen molar-refractivity contribution in [2.75, 3.05) is 6.61 Å². The zero-order valence-electron chi connectivity index (χ0n) is 15.5. The third-order valence-electron chi connectivity index (χ3n) is 4.48. The molecule has 2 heterocycles. The fraction of sp³-hybridized carbons (Fsp3) is 0.0870. The van der Waals surface area contributed by atoms with E-state index in [9.17, 15) is 8.42 Å². The molecule has 0 aliphatic rings. The van der Waals surface area contributed by atoms with Gasteiger partial charge in [0, 0.05) is 18.0 Å². The van der Waals surface area contributed by atoms with Crippen molar-refractivity contribution in [3.8, 4) is 23.0 Å². The van der Waals surface area contributed by atoms with Gasteiger partial charge >= 0.3 is 0 Å². The van der Waals surface area contributed by atoms with E-state index in [-0.39, 0.29) is 17.9 Å². The topological polar surface area (TPSA) is 72.2 Å². The first kappa shape index (κ1) is 18.9. The fourth-order valence-corrected chi connectivity index (χ4v) is 4.62. The lowest BCUT2D eigenvalue weighted by molar-refractivity contribution is 0.305. The number of fused-ring (bicyclic) bond motifs is 1. The lowest BCUT2D eigenvalue weighted by Gasteiger charge is -2.09. The second kappa shape index (κ2) is 7.92. The maximum absolute atomic E-state index is 13.4. The smallest absolute Gasteiger partial charge is 0.270 e. The molecule has 0 fully saturated rings. The highest BCUT2D eigenvalue weighted by atomic mass is 32.2. The summed E-state index contributed by atoms with van der Waals surface area (Å²) in [5.74, 6) is 5.71. The van der Waals surface area contributed by atoms with E-state index in [0.29, 0.717) is 16.7 Å². The molecule has 144 valence electrons. The molecular weight excluding hydrogens is 384 g/mol. The molecule has 4 aromatic rings. The largest absolute Gasteiger partial charge is 0.395 e. The van der Waals surface area contributed by atoms with Crippen LogP contribution in [0.2, 0.25) is 0 Å². The number of pyridine rings is 1. The molecule has 1 N–H and O–H groups in total. The summed E-state index contributed by atoms with van der Waals surface area (Å²) in [5.41, 5.74) is 2.48. The van der Waals surface area contributed by atoms with Crippen LogP contribution in [0.3, 0.4) is 0 Å². The zero-order valence-corrected chi connectivity index (χ0v) is 16.3. The molecule has 0 aliphatic carbocycles. The average Bonchev–Trinajstić information content (AvgIpc) is 3.14. The van der Waals surface area contributed by atoms with Gasteiger partial charge in [0.1, 0.15) is 5.69 Å². The van der Waals surface area contributed by atoms with Gasteiger partial charge in [0.25, 0.3) is 10.0 Å². The van der Waals surface area contributed by atoms with Gasteiger partial charge in [0.2, 0.25) is 0 Å². The predicted molar refractivity (Wildman–Crippen MR) is 113 cm³/mol. The molecule has 6 heteroatoms. The van der Waals surface area contributed by atoms with Crippen LogP contribution in [0.4, 0.5) is 0 Å². The summed E-state index contributed by atoms with van der Waals surface area (Å²) in [6.07, 6.45) is 1.86. The molecule has 5 nitrogen and oxygen atoms in total. The molecule has 29 heavy (non-hydrogen) atoms. The van der Waals surface area contributed by atoms with Gasteiger partial charge in [-0.3, -0.25) is 0 Å². The van der Waals surface area contributed by atoms with Crippen LogP contribution in [-0.4, -0.2) is 29.1 Å². The first-order valence-corrected chi connectivity index (χ1v) is 10.5. The number of nitrogens with zero attached hydrogens (tertiary/aromatic N) is 2. The highest BCUT2D eigenvalue weighted by Crippen LogP contribution is 2.31. The monoisotopic (exact) mass is 402 g/mol. The Kier molecular flexibility index (Phi) is 5.17. The maximum atomic E-state index is 13.4. The Labute approximate surface area is 169 Å². The maximum Gasteiger partial charge on any atom is 0.270 e. The van der Waals surface area contributed by atoms with Crippen molar-refractivity contribution < 1.29 is 13.5 Å². The van der Waals surface area contributed by atoms with Crippen molar-refractivity contribution in [2.45, 2.75) is 11.3 Å². The van der Waals surface area contributed by atoms with E-state index >= 15 is 0 Å². The summed E-state index contributed by atoms with van der Waals surface area (Å²) in [6.45, 7) is -0.0911. The summed E-state index contributed by atoms with van der Waals surface area (Å²) >= 11 is 0. The Balaban J connectivity index is 2.03. The van der Waals surface area contributed by atoms with Gasteiger partial charge in [-0.1, -0.05) is 54.5 Å². The molecule has 2 aromatic carbocycles. The van der Waals surface area contributed by atoms with Crippen LogP contribution in [0.5, 0.6) is 0 Å². The Morgan fingerprint density at radius 2 is 1.66 bits per heavy atom. The molecule has 2 aromatic heterocycles. The zero-order chi connectivity index (χ0) is 20.3. The van der Waals surface area contributed by atoms with Gasteiger partial charge in [-0.15, -0.1) is 0 Å². The molecule has 0 aliphatic heterocycles. The Morgan fingerprint density at radius 1 is 0.966 bits per heavy atom. The van der Waals surface area contributed by atoms with Crippen molar-refractivity contribution in [3.63, 3.8) is 0 Å². The molecule has 0 bridgehead atoms. The first-order valence-electron chi connectivity index (χ1n) is 9.09. The molecule has 0 unspecified atom stereocenters. The van der Waals surface area contributed by atoms with E-state index in [4.69, 9.17) is 5.11 Å². The molecular formula is C23H18N2O3S. The summed E-state index contributed by atoms with van der Waals surface area (Å²) in [4.78, 5) is 4.54. The molecule has 0 radical (unpaired) electrons. The van der Waals surface area contributed by atoms with E-state index < -0.39 is 10.0 Å². The van der Waals surface area contributed by atoms with Crippen LogP contribution >= 0.6 is 0 Å². The lowest BCUT2D eigenvalue weighted by Crippen LogP contribution is -2.15. The minimum Gasteiger partial charge on any atom is -0.395 e. The Hall–Kier alpha value is -3.40. The highest BCUT2D eigenvalue weighted by molar-refractivity contribution is 7.90. The molecule has 0 saturated carbocycles. The van der Waals surface area contributed by atoms with E-state index in [1.54, 1.807) is 42.6 Å². The number of aliphatic hydroxyl groups is 1. The first-order chi connectivity index (χ1) is 14.1. The second-order valence-electron chi connectivity index (χ2n) is 6.35. The van der Waals surface area contributed by atoms with Crippen LogP contribution in [0.1, 0.15) is 12.1 Å². The Morgan fingerprint density at radius 3 is 2.34 bits per heavy atom. The van der Waals surface area contributed by atoms with E-state index in [2.05, 4.69) is 16.8 Å². The van der Waals surface area contributed by atoms with E-state index in [0.717, 1.165) is 11.1 Å². The number of hydrogen-bond donors (Lipinski definition) is 1. The van der Waals surface area contributed by atoms with E-state index in [1.807, 2.05) is 36.4 Å². The lowest BCUT2D eigenvalue weighted by atomic mass is 10.0. The van der Waals surface area contributed by atoms with Crippen molar-refractivity contribution in [1.29, 1.82) is 0 Å². The Bertz CT molecular complexity index is 1320. The van der Waals surface area contributed by atoms with Crippen LogP contribution in [0.25, 0.3) is 22.2 Å². The third-order valence-corrected chi connectivity index (χ3v) is 6.20. The molecule has 0 amide bonds. The number of hydrogen-bond acceptors (Lipinski definition) is 4. The summed E-state index contributed by atoms with van der Waals surface area (Å²) in [5, 5.41) is 9.74. The standard InChI is InChI=1S/C23H18N2O3S/c26-16-8-7-11-19-17-22-21(18-9-3-1-4-10-18)14-15-24-23(22)25(19)29(27,28)20-12-5-2-6-13-20/h1-6,9-10,12-15,17,26H,8,16H2. The van der Waals surface area contributed by atoms with Gasteiger partial charge < -0.3 is 5.11 Å². The van der Waals surface area contributed by atoms with Gasteiger partial charge in [0.05, 0.1) is 11.5 Å². The third kappa shape index (κ3) is 3.54. The number of rotatable bonds is 4. The number of aromatic nitrogens is 2. The normalized spacial score (nSPS) is 11.2.